The molecule has 0 aliphatic heterocycles. The Kier molecular flexibility index (Phi) is 2.50. The first-order valence-electron chi connectivity index (χ1n) is 5.75. The van der Waals surface area contributed by atoms with Crippen LogP contribution in [0.25, 0.3) is 10.2 Å². The quantitative estimate of drug-likeness (QED) is 0.719. The fourth-order valence-corrected chi connectivity index (χ4v) is 3.39. The summed E-state index contributed by atoms with van der Waals surface area (Å²) < 4.78 is 8.52. The third-order valence-corrected chi connectivity index (χ3v) is 4.59. The molecule has 18 heavy (non-hydrogen) atoms. The van der Waals surface area contributed by atoms with Gasteiger partial charge in [0.25, 0.3) is 5.01 Å². The van der Waals surface area contributed by atoms with Crippen LogP contribution >= 0.6 is 11.3 Å². The van der Waals surface area contributed by atoms with Crippen molar-refractivity contribution in [3.63, 3.8) is 0 Å². The van der Waals surface area contributed by atoms with Crippen molar-refractivity contribution in [1.82, 2.24) is 0 Å². The van der Waals surface area contributed by atoms with Gasteiger partial charge in [0.2, 0.25) is 11.1 Å². The molecule has 3 rings (SSSR count). The molecule has 3 nitrogen and oxygen atoms in total. The first kappa shape index (κ1) is 11.4. The Hall–Kier alpha value is -1.65. The molecule has 4 heteroatoms. The van der Waals surface area contributed by atoms with E-state index in [0.29, 0.717) is 5.76 Å². The van der Waals surface area contributed by atoms with Gasteiger partial charge in [-0.05, 0) is 25.1 Å². The van der Waals surface area contributed by atoms with Crippen LogP contribution in [0.4, 0.5) is 0 Å². The average Bonchev–Trinajstić information content (AvgIpc) is 2.98. The lowest BCUT2D eigenvalue weighted by molar-refractivity contribution is -0.654. The van der Waals surface area contributed by atoms with E-state index in [1.54, 1.807) is 36.7 Å². The van der Waals surface area contributed by atoms with Crippen LogP contribution in [0.1, 0.15) is 17.7 Å². The Bertz CT molecular complexity index is 683. The fourth-order valence-electron chi connectivity index (χ4n) is 2.19. The molecule has 2 heterocycles. The Morgan fingerprint density at radius 2 is 2.00 bits per heavy atom. The molecule has 0 amide bonds. The first-order chi connectivity index (χ1) is 8.60. The van der Waals surface area contributed by atoms with E-state index < -0.39 is 5.60 Å². The van der Waals surface area contributed by atoms with Crippen molar-refractivity contribution in [2.24, 2.45) is 7.05 Å². The standard InChI is InChI=1S/C14H14NO2S/c1-14(16,12-8-5-9-17-12)13-15(2)10-6-3-4-7-11(10)18-13/h3-9,16H,1-2H3/q+1. The lowest BCUT2D eigenvalue weighted by Gasteiger charge is -2.14. The third kappa shape index (κ3) is 1.57. The normalized spacial score (nSPS) is 14.8. The molecule has 92 valence electrons. The molecular weight excluding hydrogens is 246 g/mol. The van der Waals surface area contributed by atoms with Gasteiger partial charge in [-0.25, -0.2) is 0 Å². The van der Waals surface area contributed by atoms with Gasteiger partial charge in [0.1, 0.15) is 17.5 Å². The number of fused-ring (bicyclic) bond motifs is 1. The van der Waals surface area contributed by atoms with Crippen molar-refractivity contribution in [2.45, 2.75) is 12.5 Å². The highest BCUT2D eigenvalue weighted by atomic mass is 32.1. The fraction of sp³-hybridized carbons (Fsp3) is 0.214. The smallest absolute Gasteiger partial charge is 0.278 e. The summed E-state index contributed by atoms with van der Waals surface area (Å²) in [4.78, 5) is 0. The number of hydrogen-bond acceptors (Lipinski definition) is 3. The molecule has 1 atom stereocenters. The maximum Gasteiger partial charge on any atom is 0.278 e. The Balaban J connectivity index is 2.23. The molecule has 3 aromatic rings. The van der Waals surface area contributed by atoms with Gasteiger partial charge in [0.15, 0.2) is 0 Å². The van der Waals surface area contributed by atoms with E-state index in [0.717, 1.165) is 15.2 Å². The number of aromatic nitrogens is 1. The lowest BCUT2D eigenvalue weighted by Crippen LogP contribution is -2.39. The number of hydrogen-bond donors (Lipinski definition) is 1. The molecule has 1 N–H and O–H groups in total. The van der Waals surface area contributed by atoms with Crippen LogP contribution in [-0.2, 0) is 12.6 Å². The van der Waals surface area contributed by atoms with Crippen molar-refractivity contribution in [1.29, 1.82) is 0 Å². The number of thiazole rings is 1. The number of rotatable bonds is 2. The van der Waals surface area contributed by atoms with Crippen LogP contribution in [0.5, 0.6) is 0 Å². The van der Waals surface area contributed by atoms with Crippen LogP contribution in [-0.4, -0.2) is 5.11 Å². The van der Waals surface area contributed by atoms with Crippen LogP contribution in [0.2, 0.25) is 0 Å². The number of aryl methyl sites for hydroxylation is 1. The van der Waals surface area contributed by atoms with E-state index in [4.69, 9.17) is 4.42 Å². The summed E-state index contributed by atoms with van der Waals surface area (Å²) in [6.07, 6.45) is 1.58. The van der Waals surface area contributed by atoms with Gasteiger partial charge in [-0.3, -0.25) is 0 Å². The Morgan fingerprint density at radius 1 is 1.22 bits per heavy atom. The highest BCUT2D eigenvalue weighted by molar-refractivity contribution is 7.18. The first-order valence-corrected chi connectivity index (χ1v) is 6.57. The van der Waals surface area contributed by atoms with Crippen LogP contribution in [0, 0.1) is 0 Å². The van der Waals surface area contributed by atoms with Gasteiger partial charge in [-0.1, -0.05) is 23.5 Å². The summed E-state index contributed by atoms with van der Waals surface area (Å²) in [5, 5.41) is 11.6. The predicted octanol–water partition coefficient (Wildman–Crippen LogP) is 2.57. The molecule has 2 aromatic heterocycles. The van der Waals surface area contributed by atoms with Crippen LogP contribution < -0.4 is 4.57 Å². The molecule has 0 saturated heterocycles. The number of aliphatic hydroxyl groups is 1. The van der Waals surface area contributed by atoms with Gasteiger partial charge >= 0.3 is 0 Å². The zero-order valence-electron chi connectivity index (χ0n) is 10.3. The van der Waals surface area contributed by atoms with Crippen molar-refractivity contribution in [3.05, 3.63) is 53.4 Å². The summed E-state index contributed by atoms with van der Waals surface area (Å²) in [5.74, 6) is 0.560. The van der Waals surface area contributed by atoms with Crippen LogP contribution in [0.15, 0.2) is 47.1 Å². The van der Waals surface area contributed by atoms with Gasteiger partial charge in [-0.15, -0.1) is 0 Å². The van der Waals surface area contributed by atoms with E-state index in [2.05, 4.69) is 6.07 Å². The van der Waals surface area contributed by atoms with E-state index in [-0.39, 0.29) is 0 Å². The van der Waals surface area contributed by atoms with Gasteiger partial charge in [-0.2, -0.15) is 4.57 Å². The van der Waals surface area contributed by atoms with Gasteiger partial charge < -0.3 is 9.52 Å². The van der Waals surface area contributed by atoms with E-state index in [9.17, 15) is 5.11 Å². The minimum absolute atomic E-state index is 0.560. The van der Waals surface area contributed by atoms with E-state index in [1.807, 2.05) is 29.8 Å². The third-order valence-electron chi connectivity index (χ3n) is 3.16. The predicted molar refractivity (Wildman–Crippen MR) is 70.4 cm³/mol. The molecular formula is C14H14NO2S+. The van der Waals surface area contributed by atoms with Crippen molar-refractivity contribution in [2.75, 3.05) is 0 Å². The number of para-hydroxylation sites is 1. The zero-order valence-corrected chi connectivity index (χ0v) is 11.1. The minimum atomic E-state index is -1.11. The summed E-state index contributed by atoms with van der Waals surface area (Å²) in [5.41, 5.74) is 0.00593. The maximum atomic E-state index is 10.7. The second kappa shape index (κ2) is 3.93. The lowest BCUT2D eigenvalue weighted by atomic mass is 10.1. The van der Waals surface area contributed by atoms with Crippen molar-refractivity contribution < 1.29 is 14.1 Å². The van der Waals surface area contributed by atoms with Gasteiger partial charge in [0.05, 0.1) is 6.26 Å². The molecule has 0 radical (unpaired) electrons. The Morgan fingerprint density at radius 3 is 2.67 bits per heavy atom. The molecule has 0 aliphatic rings. The van der Waals surface area contributed by atoms with E-state index >= 15 is 0 Å². The van der Waals surface area contributed by atoms with Gasteiger partial charge in [0, 0.05) is 6.07 Å². The minimum Gasteiger partial charge on any atom is -0.466 e. The maximum absolute atomic E-state index is 10.7. The Labute approximate surface area is 109 Å². The molecule has 0 bridgehead atoms. The number of benzene rings is 1. The zero-order chi connectivity index (χ0) is 12.8. The number of nitrogens with zero attached hydrogens (tertiary/aromatic N) is 1. The topological polar surface area (TPSA) is 37.2 Å². The largest absolute Gasteiger partial charge is 0.466 e. The average molecular weight is 260 g/mol. The highest BCUT2D eigenvalue weighted by Crippen LogP contribution is 2.33. The summed E-state index contributed by atoms with van der Waals surface area (Å²) in [7, 11) is 1.96. The molecule has 1 aromatic carbocycles. The molecule has 0 spiro atoms. The molecule has 0 aliphatic carbocycles. The number of furan rings is 1. The monoisotopic (exact) mass is 260 g/mol. The second-order valence-electron chi connectivity index (χ2n) is 4.48. The molecule has 1 unspecified atom stereocenters. The summed E-state index contributed by atoms with van der Waals surface area (Å²) >= 11 is 1.58. The van der Waals surface area contributed by atoms with Crippen molar-refractivity contribution >= 4 is 21.6 Å². The SMILES string of the molecule is C[n+]1c(C(C)(O)c2ccco2)sc2ccccc21. The molecule has 0 saturated carbocycles. The molecule has 0 fully saturated rings. The summed E-state index contributed by atoms with van der Waals surface area (Å²) in [6.45, 7) is 1.76. The summed E-state index contributed by atoms with van der Waals surface area (Å²) in [6, 6.07) is 11.7. The van der Waals surface area contributed by atoms with Crippen molar-refractivity contribution in [3.8, 4) is 0 Å². The highest BCUT2D eigenvalue weighted by Gasteiger charge is 2.39. The van der Waals surface area contributed by atoms with Crippen LogP contribution in [0.3, 0.4) is 0 Å². The second-order valence-corrected chi connectivity index (χ2v) is 5.51. The van der Waals surface area contributed by atoms with E-state index in [1.165, 1.54) is 0 Å².